The number of aromatic nitrogens is 1. The molecule has 0 atom stereocenters. The Labute approximate surface area is 131 Å². The van der Waals surface area contributed by atoms with Crippen molar-refractivity contribution in [3.8, 4) is 0 Å². The van der Waals surface area contributed by atoms with Crippen LogP contribution in [-0.4, -0.2) is 52.9 Å². The zero-order valence-corrected chi connectivity index (χ0v) is 13.8. The third-order valence-corrected chi connectivity index (χ3v) is 3.52. The molecule has 2 heterocycles. The van der Waals surface area contributed by atoms with Gasteiger partial charge in [0.1, 0.15) is 11.4 Å². The predicted molar refractivity (Wildman–Crippen MR) is 84.9 cm³/mol. The third-order valence-electron chi connectivity index (χ3n) is 3.52. The Morgan fingerprint density at radius 3 is 2.45 bits per heavy atom. The van der Waals surface area contributed by atoms with Crippen molar-refractivity contribution in [1.82, 2.24) is 9.88 Å². The molecule has 6 heteroatoms. The van der Waals surface area contributed by atoms with Crippen LogP contribution in [0.4, 0.5) is 10.6 Å². The molecule has 122 valence electrons. The summed E-state index contributed by atoms with van der Waals surface area (Å²) < 4.78 is 5.40. The number of aliphatic hydroxyl groups is 1. The van der Waals surface area contributed by atoms with Crippen molar-refractivity contribution in [2.45, 2.75) is 39.9 Å². The Balaban J connectivity index is 1.96. The maximum absolute atomic E-state index is 12.0. The van der Waals surface area contributed by atoms with Crippen LogP contribution in [-0.2, 0) is 11.3 Å². The molecule has 1 aromatic heterocycles. The fourth-order valence-corrected chi connectivity index (χ4v) is 2.47. The molecule has 0 aromatic carbocycles. The summed E-state index contributed by atoms with van der Waals surface area (Å²) in [6.07, 6.45) is 1.44. The van der Waals surface area contributed by atoms with E-state index in [-0.39, 0.29) is 12.7 Å². The van der Waals surface area contributed by atoms with E-state index in [0.29, 0.717) is 13.1 Å². The second-order valence-electron chi connectivity index (χ2n) is 6.60. The van der Waals surface area contributed by atoms with Gasteiger partial charge >= 0.3 is 6.09 Å². The number of ether oxygens (including phenoxy) is 1. The van der Waals surface area contributed by atoms with Gasteiger partial charge in [-0.05, 0) is 44.9 Å². The normalized spacial score (nSPS) is 15.9. The summed E-state index contributed by atoms with van der Waals surface area (Å²) in [5, 5.41) is 9.14. The lowest BCUT2D eigenvalue weighted by Crippen LogP contribution is -2.50. The third kappa shape index (κ3) is 4.10. The lowest BCUT2D eigenvalue weighted by atomic mass is 10.2. The number of aliphatic hydroxyl groups excluding tert-OH is 1. The Morgan fingerprint density at radius 2 is 1.95 bits per heavy atom. The lowest BCUT2D eigenvalue weighted by molar-refractivity contribution is 0.0240. The van der Waals surface area contributed by atoms with E-state index in [1.165, 1.54) is 0 Å². The smallest absolute Gasteiger partial charge is 0.410 e. The van der Waals surface area contributed by atoms with Gasteiger partial charge in [0.25, 0.3) is 0 Å². The van der Waals surface area contributed by atoms with Crippen LogP contribution >= 0.6 is 0 Å². The monoisotopic (exact) mass is 307 g/mol. The van der Waals surface area contributed by atoms with Crippen LogP contribution in [0.15, 0.2) is 12.3 Å². The van der Waals surface area contributed by atoms with Crippen molar-refractivity contribution in [2.75, 3.05) is 31.1 Å². The highest BCUT2D eigenvalue weighted by molar-refractivity contribution is 5.68. The number of aryl methyl sites for hydroxylation is 1. The van der Waals surface area contributed by atoms with Crippen LogP contribution in [0.3, 0.4) is 0 Å². The second kappa shape index (κ2) is 6.52. The van der Waals surface area contributed by atoms with Gasteiger partial charge in [-0.2, -0.15) is 0 Å². The minimum absolute atomic E-state index is 0.000537. The number of hydrogen-bond acceptors (Lipinski definition) is 5. The van der Waals surface area contributed by atoms with Gasteiger partial charge in [-0.3, -0.25) is 0 Å². The molecule has 1 fully saturated rings. The Kier molecular flexibility index (Phi) is 4.90. The number of piperazine rings is 1. The Morgan fingerprint density at radius 1 is 1.32 bits per heavy atom. The van der Waals surface area contributed by atoms with Crippen molar-refractivity contribution in [2.24, 2.45) is 0 Å². The molecule has 1 N–H and O–H groups in total. The van der Waals surface area contributed by atoms with Gasteiger partial charge in [-0.25, -0.2) is 9.78 Å². The molecule has 1 aliphatic heterocycles. The quantitative estimate of drug-likeness (QED) is 0.904. The molecule has 1 aliphatic rings. The predicted octanol–water partition coefficient (Wildman–Crippen LogP) is 1.94. The van der Waals surface area contributed by atoms with Crippen LogP contribution in [0.1, 0.15) is 31.9 Å². The average Bonchev–Trinajstić information content (AvgIpc) is 2.45. The molecular formula is C16H25N3O3. The summed E-state index contributed by atoms with van der Waals surface area (Å²) in [5.41, 5.74) is 1.39. The maximum Gasteiger partial charge on any atom is 0.410 e. The molecule has 1 saturated heterocycles. The molecular weight excluding hydrogens is 282 g/mol. The van der Waals surface area contributed by atoms with Crippen LogP contribution < -0.4 is 4.90 Å². The first-order chi connectivity index (χ1) is 10.3. The summed E-state index contributed by atoms with van der Waals surface area (Å²) in [7, 11) is 0. The zero-order valence-electron chi connectivity index (χ0n) is 13.8. The van der Waals surface area contributed by atoms with Crippen molar-refractivity contribution < 1.29 is 14.6 Å². The summed E-state index contributed by atoms with van der Waals surface area (Å²) in [4.78, 5) is 20.4. The number of carbonyl (C=O) groups excluding carboxylic acids is 1. The minimum atomic E-state index is -0.466. The van der Waals surface area contributed by atoms with Crippen LogP contribution in [0, 0.1) is 6.92 Å². The number of carbonyl (C=O) groups is 1. The molecule has 1 aromatic rings. The van der Waals surface area contributed by atoms with Gasteiger partial charge in [0, 0.05) is 32.4 Å². The SMILES string of the molecule is Cc1cc(CO)cnc1N1CCN(C(=O)OC(C)(C)C)CC1. The molecule has 22 heavy (non-hydrogen) atoms. The fourth-order valence-electron chi connectivity index (χ4n) is 2.47. The molecule has 2 rings (SSSR count). The molecule has 0 aliphatic carbocycles. The highest BCUT2D eigenvalue weighted by atomic mass is 16.6. The van der Waals surface area contributed by atoms with Crippen molar-refractivity contribution in [3.05, 3.63) is 23.4 Å². The minimum Gasteiger partial charge on any atom is -0.444 e. The summed E-state index contributed by atoms with van der Waals surface area (Å²) in [6.45, 7) is 10.3. The standard InChI is InChI=1S/C16H25N3O3/c1-12-9-13(11-20)10-17-14(12)18-5-7-19(8-6-18)15(21)22-16(2,3)4/h9-10,20H,5-8,11H2,1-4H3. The van der Waals surface area contributed by atoms with E-state index in [4.69, 9.17) is 9.84 Å². The molecule has 1 amide bonds. The molecule has 0 spiro atoms. The van der Waals surface area contributed by atoms with Crippen LogP contribution in [0.5, 0.6) is 0 Å². The number of nitrogens with zero attached hydrogens (tertiary/aromatic N) is 3. The van der Waals surface area contributed by atoms with Gasteiger partial charge in [0.15, 0.2) is 0 Å². The first-order valence-electron chi connectivity index (χ1n) is 7.59. The Bertz CT molecular complexity index is 532. The highest BCUT2D eigenvalue weighted by Gasteiger charge is 2.26. The first kappa shape index (κ1) is 16.5. The number of amides is 1. The second-order valence-corrected chi connectivity index (χ2v) is 6.60. The average molecular weight is 307 g/mol. The topological polar surface area (TPSA) is 65.9 Å². The van der Waals surface area contributed by atoms with Gasteiger partial charge in [-0.1, -0.05) is 0 Å². The molecule has 0 unspecified atom stereocenters. The largest absolute Gasteiger partial charge is 0.444 e. The maximum atomic E-state index is 12.0. The van der Waals surface area contributed by atoms with Gasteiger partial charge in [0.05, 0.1) is 6.61 Å². The number of rotatable bonds is 2. The number of anilines is 1. The fraction of sp³-hybridized carbons (Fsp3) is 0.625. The summed E-state index contributed by atoms with van der Waals surface area (Å²) in [6, 6.07) is 1.95. The first-order valence-corrected chi connectivity index (χ1v) is 7.59. The van der Waals surface area contributed by atoms with Gasteiger partial charge in [-0.15, -0.1) is 0 Å². The van der Waals surface area contributed by atoms with E-state index in [1.807, 2.05) is 33.8 Å². The van der Waals surface area contributed by atoms with Crippen LogP contribution in [0.25, 0.3) is 0 Å². The Hall–Kier alpha value is -1.82. The number of pyridine rings is 1. The summed E-state index contributed by atoms with van der Waals surface area (Å²) in [5.74, 6) is 0.918. The highest BCUT2D eigenvalue weighted by Crippen LogP contribution is 2.20. The zero-order chi connectivity index (χ0) is 16.3. The van der Waals surface area contributed by atoms with E-state index in [1.54, 1.807) is 11.1 Å². The summed E-state index contributed by atoms with van der Waals surface area (Å²) >= 11 is 0. The van der Waals surface area contributed by atoms with E-state index < -0.39 is 5.60 Å². The van der Waals surface area contributed by atoms with E-state index in [9.17, 15) is 4.79 Å². The van der Waals surface area contributed by atoms with Crippen molar-refractivity contribution >= 4 is 11.9 Å². The molecule has 6 nitrogen and oxygen atoms in total. The van der Waals surface area contributed by atoms with Crippen molar-refractivity contribution in [3.63, 3.8) is 0 Å². The van der Waals surface area contributed by atoms with E-state index >= 15 is 0 Å². The van der Waals surface area contributed by atoms with E-state index in [2.05, 4.69) is 9.88 Å². The van der Waals surface area contributed by atoms with Gasteiger partial charge in [0.2, 0.25) is 0 Å². The van der Waals surface area contributed by atoms with Crippen LogP contribution in [0.2, 0.25) is 0 Å². The van der Waals surface area contributed by atoms with Crippen molar-refractivity contribution in [1.29, 1.82) is 0 Å². The lowest BCUT2D eigenvalue weighted by Gasteiger charge is -2.36. The molecule has 0 radical (unpaired) electrons. The number of hydrogen-bond donors (Lipinski definition) is 1. The molecule has 0 saturated carbocycles. The van der Waals surface area contributed by atoms with E-state index in [0.717, 1.165) is 30.0 Å². The van der Waals surface area contributed by atoms with Gasteiger partial charge < -0.3 is 19.6 Å². The molecule has 0 bridgehead atoms.